The lowest BCUT2D eigenvalue weighted by atomic mass is 10.1. The molecule has 1 aromatic carbocycles. The molecule has 4 heteroatoms. The summed E-state index contributed by atoms with van der Waals surface area (Å²) in [5, 5.41) is 5.02. The van der Waals surface area contributed by atoms with E-state index in [4.69, 9.17) is 17.3 Å². The van der Waals surface area contributed by atoms with Gasteiger partial charge in [-0.15, -0.1) is 0 Å². The number of aryl methyl sites for hydroxylation is 1. The van der Waals surface area contributed by atoms with Crippen LogP contribution in [0.3, 0.4) is 0 Å². The van der Waals surface area contributed by atoms with Gasteiger partial charge in [0.2, 0.25) is 0 Å². The van der Waals surface area contributed by atoms with E-state index in [0.717, 1.165) is 21.8 Å². The normalized spacial score (nSPS) is 10.6. The minimum Gasteiger partial charge on any atom is -0.325 e. The predicted molar refractivity (Wildman–Crippen MR) is 61.5 cm³/mol. The molecule has 0 saturated carbocycles. The van der Waals surface area contributed by atoms with Crippen molar-refractivity contribution < 1.29 is 0 Å². The van der Waals surface area contributed by atoms with Crippen molar-refractivity contribution in [2.24, 2.45) is 12.8 Å². The number of nitrogens with two attached hydrogens (primary N) is 1. The van der Waals surface area contributed by atoms with Gasteiger partial charge in [-0.3, -0.25) is 4.68 Å². The quantitative estimate of drug-likeness (QED) is 0.845. The van der Waals surface area contributed by atoms with Crippen molar-refractivity contribution >= 4 is 11.6 Å². The Morgan fingerprint density at radius 2 is 2.00 bits per heavy atom. The molecule has 0 saturated heterocycles. The Bertz CT molecular complexity index is 459. The van der Waals surface area contributed by atoms with Crippen LogP contribution in [0.2, 0.25) is 5.02 Å². The fourth-order valence-electron chi connectivity index (χ4n) is 1.56. The van der Waals surface area contributed by atoms with Crippen molar-refractivity contribution in [3.05, 3.63) is 41.2 Å². The van der Waals surface area contributed by atoms with Crippen molar-refractivity contribution in [2.45, 2.75) is 6.54 Å². The van der Waals surface area contributed by atoms with Gasteiger partial charge in [-0.2, -0.15) is 5.10 Å². The Hall–Kier alpha value is -1.32. The summed E-state index contributed by atoms with van der Waals surface area (Å²) in [7, 11) is 1.89. The number of halogens is 1. The van der Waals surface area contributed by atoms with Crippen LogP contribution < -0.4 is 5.73 Å². The van der Waals surface area contributed by atoms with Crippen LogP contribution in [0.5, 0.6) is 0 Å². The zero-order valence-electron chi connectivity index (χ0n) is 8.44. The van der Waals surface area contributed by atoms with E-state index in [-0.39, 0.29) is 0 Å². The van der Waals surface area contributed by atoms with Crippen LogP contribution in [-0.4, -0.2) is 9.78 Å². The molecule has 0 fully saturated rings. The third-order valence-corrected chi connectivity index (χ3v) is 2.51. The molecular formula is C11H12ClN3. The molecule has 2 aromatic rings. The van der Waals surface area contributed by atoms with E-state index >= 15 is 0 Å². The van der Waals surface area contributed by atoms with E-state index in [1.165, 1.54) is 0 Å². The van der Waals surface area contributed by atoms with E-state index in [2.05, 4.69) is 5.10 Å². The lowest BCUT2D eigenvalue weighted by Crippen LogP contribution is -1.99. The number of rotatable bonds is 2. The van der Waals surface area contributed by atoms with Crippen LogP contribution in [0.25, 0.3) is 11.1 Å². The minimum absolute atomic E-state index is 0.443. The number of nitrogens with zero attached hydrogens (tertiary/aromatic N) is 2. The van der Waals surface area contributed by atoms with E-state index in [1.807, 2.05) is 37.5 Å². The molecule has 0 aliphatic rings. The number of aromatic nitrogens is 2. The first-order valence-electron chi connectivity index (χ1n) is 4.69. The monoisotopic (exact) mass is 221 g/mol. The largest absolute Gasteiger partial charge is 0.325 e. The zero-order chi connectivity index (χ0) is 10.8. The van der Waals surface area contributed by atoms with Crippen LogP contribution in [0, 0.1) is 0 Å². The number of hydrogen-bond donors (Lipinski definition) is 1. The SMILES string of the molecule is Cn1cc(-c2ccc(Cl)cc2)c(CN)n1. The second kappa shape index (κ2) is 4.04. The molecule has 0 spiro atoms. The van der Waals surface area contributed by atoms with Crippen LogP contribution in [0.4, 0.5) is 0 Å². The third kappa shape index (κ3) is 2.03. The summed E-state index contributed by atoms with van der Waals surface area (Å²) < 4.78 is 1.77. The average Bonchev–Trinajstić information content (AvgIpc) is 2.61. The molecule has 78 valence electrons. The molecule has 0 atom stereocenters. The molecule has 15 heavy (non-hydrogen) atoms. The summed E-state index contributed by atoms with van der Waals surface area (Å²) in [5.74, 6) is 0. The number of hydrogen-bond acceptors (Lipinski definition) is 2. The summed E-state index contributed by atoms with van der Waals surface area (Å²) in [6, 6.07) is 7.67. The van der Waals surface area contributed by atoms with Gasteiger partial charge >= 0.3 is 0 Å². The van der Waals surface area contributed by atoms with E-state index in [9.17, 15) is 0 Å². The summed E-state index contributed by atoms with van der Waals surface area (Å²) in [6.45, 7) is 0.443. The first kappa shape index (κ1) is 10.2. The van der Waals surface area contributed by atoms with Gasteiger partial charge in [0, 0.05) is 30.4 Å². The molecule has 2 N–H and O–H groups in total. The Morgan fingerprint density at radius 3 is 2.60 bits per heavy atom. The van der Waals surface area contributed by atoms with Gasteiger partial charge in [0.1, 0.15) is 0 Å². The molecule has 0 aliphatic heterocycles. The van der Waals surface area contributed by atoms with Crippen molar-refractivity contribution in [1.82, 2.24) is 9.78 Å². The van der Waals surface area contributed by atoms with E-state index in [0.29, 0.717) is 6.54 Å². The highest BCUT2D eigenvalue weighted by Crippen LogP contribution is 2.23. The maximum absolute atomic E-state index is 5.83. The fraction of sp³-hybridized carbons (Fsp3) is 0.182. The molecule has 0 amide bonds. The topological polar surface area (TPSA) is 43.8 Å². The third-order valence-electron chi connectivity index (χ3n) is 2.25. The van der Waals surface area contributed by atoms with Crippen molar-refractivity contribution in [3.8, 4) is 11.1 Å². The highest BCUT2D eigenvalue weighted by atomic mass is 35.5. The minimum atomic E-state index is 0.443. The zero-order valence-corrected chi connectivity index (χ0v) is 9.20. The van der Waals surface area contributed by atoms with Gasteiger partial charge < -0.3 is 5.73 Å². The van der Waals surface area contributed by atoms with Crippen molar-refractivity contribution in [1.29, 1.82) is 0 Å². The molecule has 2 rings (SSSR count). The summed E-state index contributed by atoms with van der Waals surface area (Å²) in [4.78, 5) is 0. The van der Waals surface area contributed by atoms with Gasteiger partial charge in [-0.1, -0.05) is 23.7 Å². The van der Waals surface area contributed by atoms with Gasteiger partial charge in [0.15, 0.2) is 0 Å². The molecular weight excluding hydrogens is 210 g/mol. The Balaban J connectivity index is 2.48. The molecule has 0 unspecified atom stereocenters. The van der Waals surface area contributed by atoms with E-state index in [1.54, 1.807) is 4.68 Å². The lowest BCUT2D eigenvalue weighted by Gasteiger charge is -1.99. The van der Waals surface area contributed by atoms with Gasteiger partial charge in [0.05, 0.1) is 5.69 Å². The van der Waals surface area contributed by atoms with Crippen LogP contribution in [-0.2, 0) is 13.6 Å². The molecule has 0 aliphatic carbocycles. The maximum Gasteiger partial charge on any atom is 0.0838 e. The molecule has 0 radical (unpaired) electrons. The first-order valence-corrected chi connectivity index (χ1v) is 5.07. The van der Waals surface area contributed by atoms with Gasteiger partial charge in [0.25, 0.3) is 0 Å². The van der Waals surface area contributed by atoms with Gasteiger partial charge in [-0.05, 0) is 17.7 Å². The molecule has 1 heterocycles. The maximum atomic E-state index is 5.83. The summed E-state index contributed by atoms with van der Waals surface area (Å²) >= 11 is 5.83. The van der Waals surface area contributed by atoms with E-state index < -0.39 is 0 Å². The number of benzene rings is 1. The molecule has 1 aromatic heterocycles. The smallest absolute Gasteiger partial charge is 0.0838 e. The van der Waals surface area contributed by atoms with Crippen LogP contribution >= 0.6 is 11.6 Å². The Morgan fingerprint density at radius 1 is 1.33 bits per heavy atom. The van der Waals surface area contributed by atoms with Gasteiger partial charge in [-0.25, -0.2) is 0 Å². The fourth-order valence-corrected chi connectivity index (χ4v) is 1.68. The highest BCUT2D eigenvalue weighted by Gasteiger charge is 2.07. The van der Waals surface area contributed by atoms with Crippen molar-refractivity contribution in [3.63, 3.8) is 0 Å². The molecule has 0 bridgehead atoms. The van der Waals surface area contributed by atoms with Crippen LogP contribution in [0.1, 0.15) is 5.69 Å². The molecule has 3 nitrogen and oxygen atoms in total. The van der Waals surface area contributed by atoms with Crippen molar-refractivity contribution in [2.75, 3.05) is 0 Å². The van der Waals surface area contributed by atoms with Crippen LogP contribution in [0.15, 0.2) is 30.5 Å². The Kier molecular flexibility index (Phi) is 2.75. The second-order valence-electron chi connectivity index (χ2n) is 3.37. The summed E-state index contributed by atoms with van der Waals surface area (Å²) in [6.07, 6.45) is 1.96. The standard InChI is InChI=1S/C11H12ClN3/c1-15-7-10(11(6-13)14-15)8-2-4-9(12)5-3-8/h2-5,7H,6,13H2,1H3. The first-order chi connectivity index (χ1) is 7.20. The lowest BCUT2D eigenvalue weighted by molar-refractivity contribution is 0.742. The Labute approximate surface area is 93.5 Å². The predicted octanol–water partition coefficient (Wildman–Crippen LogP) is 2.20. The average molecular weight is 222 g/mol. The second-order valence-corrected chi connectivity index (χ2v) is 3.81. The highest BCUT2D eigenvalue weighted by molar-refractivity contribution is 6.30. The summed E-state index contributed by atoms with van der Waals surface area (Å²) in [5.41, 5.74) is 8.69.